The number of carboxylic acids is 1. The summed E-state index contributed by atoms with van der Waals surface area (Å²) in [5, 5.41) is 19.2. The predicted octanol–water partition coefficient (Wildman–Crippen LogP) is 1.35. The minimum absolute atomic E-state index is 0.0701. The van der Waals surface area contributed by atoms with Crippen molar-refractivity contribution in [1.29, 1.82) is 0 Å². The van der Waals surface area contributed by atoms with Crippen LogP contribution in [0.5, 0.6) is 0 Å². The molecule has 5 nitrogen and oxygen atoms in total. The van der Waals surface area contributed by atoms with E-state index in [1.54, 1.807) is 4.90 Å². The average molecular weight is 283 g/mol. The maximum Gasteiger partial charge on any atom is 0.307 e. The van der Waals surface area contributed by atoms with Crippen molar-refractivity contribution >= 4 is 11.9 Å². The predicted molar refractivity (Wildman–Crippen MR) is 74.0 cm³/mol. The maximum atomic E-state index is 12.6. The Labute approximate surface area is 120 Å². The van der Waals surface area contributed by atoms with Crippen LogP contribution in [0.25, 0.3) is 0 Å². The number of piperidine rings is 1. The molecule has 0 radical (unpaired) electrons. The first-order chi connectivity index (χ1) is 9.43. The molecule has 5 atom stereocenters. The molecule has 20 heavy (non-hydrogen) atoms. The highest BCUT2D eigenvalue weighted by molar-refractivity contribution is 5.85. The van der Waals surface area contributed by atoms with Crippen LogP contribution >= 0.6 is 0 Å². The molecule has 1 heterocycles. The van der Waals surface area contributed by atoms with Crippen molar-refractivity contribution in [2.24, 2.45) is 23.7 Å². The van der Waals surface area contributed by atoms with Crippen LogP contribution in [-0.2, 0) is 9.59 Å². The van der Waals surface area contributed by atoms with Gasteiger partial charge in [-0.15, -0.1) is 0 Å². The fourth-order valence-corrected chi connectivity index (χ4v) is 3.51. The van der Waals surface area contributed by atoms with Gasteiger partial charge in [-0.05, 0) is 31.1 Å². The van der Waals surface area contributed by atoms with E-state index in [-0.39, 0.29) is 11.8 Å². The summed E-state index contributed by atoms with van der Waals surface area (Å²) in [6.07, 6.45) is 2.50. The van der Waals surface area contributed by atoms with Crippen LogP contribution in [0.2, 0.25) is 0 Å². The number of β-amino-alcohol motifs (C(OH)–C–C–N with tert-alkyl or cyclic N) is 1. The number of rotatable bonds is 3. The first kappa shape index (κ1) is 15.3. The fraction of sp³-hybridized carbons (Fsp3) is 0.867. The topological polar surface area (TPSA) is 77.8 Å². The molecular weight excluding hydrogens is 258 g/mol. The molecule has 0 aromatic carbocycles. The third-order valence-electron chi connectivity index (χ3n) is 5.10. The van der Waals surface area contributed by atoms with Crippen LogP contribution in [0.3, 0.4) is 0 Å². The van der Waals surface area contributed by atoms with Crippen LogP contribution in [-0.4, -0.2) is 46.2 Å². The highest BCUT2D eigenvalue weighted by atomic mass is 16.4. The molecule has 2 rings (SSSR count). The number of hydrogen-bond acceptors (Lipinski definition) is 3. The van der Waals surface area contributed by atoms with Gasteiger partial charge in [-0.3, -0.25) is 9.59 Å². The number of aliphatic hydroxyl groups is 1. The second-order valence-electron chi connectivity index (χ2n) is 6.41. The van der Waals surface area contributed by atoms with Gasteiger partial charge in [0.05, 0.1) is 17.9 Å². The normalized spacial score (nSPS) is 38.0. The number of carbonyl (C=O) groups is 2. The van der Waals surface area contributed by atoms with Crippen molar-refractivity contribution in [3.63, 3.8) is 0 Å². The number of aliphatic hydroxyl groups excluding tert-OH is 1. The van der Waals surface area contributed by atoms with E-state index in [9.17, 15) is 19.8 Å². The molecule has 5 heteroatoms. The molecule has 3 unspecified atom stereocenters. The Hall–Kier alpha value is -1.10. The molecule has 2 N–H and O–H groups in total. The van der Waals surface area contributed by atoms with E-state index in [0.29, 0.717) is 31.8 Å². The Bertz CT molecular complexity index is 384. The second-order valence-corrected chi connectivity index (χ2v) is 6.41. The van der Waals surface area contributed by atoms with Gasteiger partial charge in [-0.1, -0.05) is 20.3 Å². The zero-order chi connectivity index (χ0) is 14.9. The Morgan fingerprint density at radius 3 is 2.45 bits per heavy atom. The van der Waals surface area contributed by atoms with Gasteiger partial charge in [-0.25, -0.2) is 0 Å². The monoisotopic (exact) mass is 283 g/mol. The molecule has 1 aliphatic carbocycles. The van der Waals surface area contributed by atoms with Crippen LogP contribution < -0.4 is 0 Å². The lowest BCUT2D eigenvalue weighted by Gasteiger charge is -2.36. The maximum absolute atomic E-state index is 12.6. The highest BCUT2D eigenvalue weighted by Gasteiger charge is 2.44. The fourth-order valence-electron chi connectivity index (χ4n) is 3.51. The van der Waals surface area contributed by atoms with E-state index >= 15 is 0 Å². The minimum atomic E-state index is -0.856. The van der Waals surface area contributed by atoms with E-state index in [2.05, 4.69) is 0 Å². The number of carbonyl (C=O) groups excluding carboxylic acids is 1. The number of amides is 1. The number of aliphatic carboxylic acids is 1. The third-order valence-corrected chi connectivity index (χ3v) is 5.10. The summed E-state index contributed by atoms with van der Waals surface area (Å²) in [4.78, 5) is 25.6. The van der Waals surface area contributed by atoms with Gasteiger partial charge < -0.3 is 15.1 Å². The number of nitrogens with zero attached hydrogens (tertiary/aromatic N) is 1. The summed E-state index contributed by atoms with van der Waals surface area (Å²) < 4.78 is 0. The summed E-state index contributed by atoms with van der Waals surface area (Å²) in [6.45, 7) is 5.01. The van der Waals surface area contributed by atoms with E-state index < -0.39 is 23.9 Å². The van der Waals surface area contributed by atoms with Gasteiger partial charge >= 0.3 is 5.97 Å². The van der Waals surface area contributed by atoms with Crippen molar-refractivity contribution in [1.82, 2.24) is 4.90 Å². The molecule has 2 fully saturated rings. The van der Waals surface area contributed by atoms with Gasteiger partial charge in [0.2, 0.25) is 5.91 Å². The summed E-state index contributed by atoms with van der Waals surface area (Å²) in [7, 11) is 0. The lowest BCUT2D eigenvalue weighted by atomic mass is 9.91. The Kier molecular flexibility index (Phi) is 4.68. The van der Waals surface area contributed by atoms with E-state index in [4.69, 9.17) is 0 Å². The van der Waals surface area contributed by atoms with Gasteiger partial charge in [0, 0.05) is 13.1 Å². The number of carboxylic acid groups (broad SMARTS) is 1. The van der Waals surface area contributed by atoms with E-state index in [1.807, 2.05) is 13.8 Å². The van der Waals surface area contributed by atoms with Gasteiger partial charge in [0.25, 0.3) is 0 Å². The van der Waals surface area contributed by atoms with Crippen LogP contribution in [0.15, 0.2) is 0 Å². The highest BCUT2D eigenvalue weighted by Crippen LogP contribution is 2.39. The van der Waals surface area contributed by atoms with Crippen molar-refractivity contribution < 1.29 is 19.8 Å². The lowest BCUT2D eigenvalue weighted by molar-refractivity contribution is -0.150. The van der Waals surface area contributed by atoms with E-state index in [1.165, 1.54) is 0 Å². The second kappa shape index (κ2) is 6.12. The molecule has 1 amide bonds. The van der Waals surface area contributed by atoms with Crippen LogP contribution in [0.4, 0.5) is 0 Å². The molecular formula is C15H25NO4. The average Bonchev–Trinajstić information content (AvgIpc) is 2.85. The number of hydrogen-bond donors (Lipinski definition) is 2. The van der Waals surface area contributed by atoms with Crippen molar-refractivity contribution in [3.05, 3.63) is 0 Å². The first-order valence-electron chi connectivity index (χ1n) is 7.63. The Balaban J connectivity index is 2.05. The van der Waals surface area contributed by atoms with Gasteiger partial charge in [0.15, 0.2) is 0 Å². The van der Waals surface area contributed by atoms with E-state index in [0.717, 1.165) is 12.8 Å². The Morgan fingerprint density at radius 1 is 1.25 bits per heavy atom. The molecule has 1 saturated heterocycles. The van der Waals surface area contributed by atoms with Crippen molar-refractivity contribution in [2.75, 3.05) is 13.1 Å². The smallest absolute Gasteiger partial charge is 0.307 e. The first-order valence-corrected chi connectivity index (χ1v) is 7.63. The van der Waals surface area contributed by atoms with Gasteiger partial charge in [-0.2, -0.15) is 0 Å². The lowest BCUT2D eigenvalue weighted by Crippen LogP contribution is -2.48. The molecule has 1 aliphatic heterocycles. The summed E-state index contributed by atoms with van der Waals surface area (Å²) >= 11 is 0. The molecule has 2 aliphatic rings. The molecule has 0 aromatic heterocycles. The summed E-state index contributed by atoms with van der Waals surface area (Å²) in [6, 6.07) is 0. The summed E-state index contributed by atoms with van der Waals surface area (Å²) in [5.41, 5.74) is 0. The standard InChI is InChI=1S/C15H25NO4/c1-3-10-6-11(12(7-10)15(19)20)14(18)16-5-4-9(2)13(17)8-16/h9-13,17H,3-8H2,1-2H3,(H,19,20)/t9?,10?,11-,12+,13?/m0/s1. The Morgan fingerprint density at radius 2 is 1.90 bits per heavy atom. The van der Waals surface area contributed by atoms with Gasteiger partial charge in [0.1, 0.15) is 0 Å². The molecule has 0 bridgehead atoms. The summed E-state index contributed by atoms with van der Waals surface area (Å²) in [5.74, 6) is -1.34. The molecule has 1 saturated carbocycles. The van der Waals surface area contributed by atoms with Crippen molar-refractivity contribution in [2.45, 2.75) is 45.6 Å². The van der Waals surface area contributed by atoms with Crippen LogP contribution in [0, 0.1) is 23.7 Å². The SMILES string of the molecule is CCC1C[C@H](C(=O)N2CCC(C)C(O)C2)[C@H](C(=O)O)C1. The number of likely N-dealkylation sites (tertiary alicyclic amines) is 1. The molecule has 0 spiro atoms. The minimum Gasteiger partial charge on any atom is -0.481 e. The zero-order valence-electron chi connectivity index (χ0n) is 12.3. The molecule has 0 aromatic rings. The quantitative estimate of drug-likeness (QED) is 0.819. The molecule has 114 valence electrons. The van der Waals surface area contributed by atoms with Crippen molar-refractivity contribution in [3.8, 4) is 0 Å². The van der Waals surface area contributed by atoms with Crippen LogP contribution in [0.1, 0.15) is 39.5 Å². The largest absolute Gasteiger partial charge is 0.481 e. The third kappa shape index (κ3) is 2.97. The zero-order valence-corrected chi connectivity index (χ0v) is 12.3.